The number of anilines is 1. The van der Waals surface area contributed by atoms with Gasteiger partial charge in [0.05, 0.1) is 10.3 Å². The SMILES string of the molecule is O=C(Nc1ccc(Br)cc1)C1CCN(C(=O)C2(c3ccccc3)CCN(S(=O)(=O)c3ccc(F)c(F)c3)CC2)CC1. The third kappa shape index (κ3) is 6.07. The van der Waals surface area contributed by atoms with E-state index in [0.29, 0.717) is 37.7 Å². The summed E-state index contributed by atoms with van der Waals surface area (Å²) < 4.78 is 55.8. The quantitative estimate of drug-likeness (QED) is 0.393. The van der Waals surface area contributed by atoms with Crippen molar-refractivity contribution >= 4 is 43.5 Å². The molecular formula is C30H30BrF2N3O4S. The summed E-state index contributed by atoms with van der Waals surface area (Å²) in [5.74, 6) is -2.73. The van der Waals surface area contributed by atoms with E-state index in [4.69, 9.17) is 0 Å². The standard InChI is InChI=1S/C30H30BrF2N3O4S/c31-23-6-8-24(9-7-23)34-28(37)21-12-16-35(17-13-21)29(38)30(22-4-2-1-3-5-22)14-18-36(19-15-30)41(39,40)25-10-11-26(32)27(33)20-25/h1-11,20-21H,12-19H2,(H,34,37). The van der Waals surface area contributed by atoms with Crippen molar-refractivity contribution < 1.29 is 26.8 Å². The number of nitrogens with zero attached hydrogens (tertiary/aromatic N) is 2. The number of rotatable bonds is 6. The molecule has 0 aliphatic carbocycles. The summed E-state index contributed by atoms with van der Waals surface area (Å²) in [6.07, 6.45) is 1.52. The molecule has 3 aromatic rings. The molecule has 7 nitrogen and oxygen atoms in total. The molecular weight excluding hydrogens is 616 g/mol. The number of hydrogen-bond donors (Lipinski definition) is 1. The lowest BCUT2D eigenvalue weighted by molar-refractivity contribution is -0.141. The van der Waals surface area contributed by atoms with Crippen LogP contribution in [0.5, 0.6) is 0 Å². The van der Waals surface area contributed by atoms with E-state index in [9.17, 15) is 26.8 Å². The van der Waals surface area contributed by atoms with Gasteiger partial charge < -0.3 is 10.2 Å². The molecule has 3 aromatic carbocycles. The van der Waals surface area contributed by atoms with Crippen molar-refractivity contribution in [1.29, 1.82) is 0 Å². The molecule has 2 aliphatic rings. The fourth-order valence-electron chi connectivity index (χ4n) is 5.70. The lowest BCUT2D eigenvalue weighted by Gasteiger charge is -2.44. The van der Waals surface area contributed by atoms with Crippen molar-refractivity contribution in [1.82, 2.24) is 9.21 Å². The minimum Gasteiger partial charge on any atom is -0.342 e. The van der Waals surface area contributed by atoms with Crippen LogP contribution in [0.15, 0.2) is 82.2 Å². The first-order valence-corrected chi connectivity index (χ1v) is 15.7. The number of hydrogen-bond acceptors (Lipinski definition) is 4. The van der Waals surface area contributed by atoms with Gasteiger partial charge in [0.15, 0.2) is 11.6 Å². The summed E-state index contributed by atoms with van der Waals surface area (Å²) in [5.41, 5.74) is 0.586. The normalized spacial score (nSPS) is 18.2. The monoisotopic (exact) mass is 645 g/mol. The Labute approximate surface area is 246 Å². The number of carbonyl (C=O) groups excluding carboxylic acids is 2. The fraction of sp³-hybridized carbons (Fsp3) is 0.333. The van der Waals surface area contributed by atoms with Gasteiger partial charge in [-0.15, -0.1) is 0 Å². The highest BCUT2D eigenvalue weighted by Crippen LogP contribution is 2.40. The number of sulfonamides is 1. The predicted octanol–water partition coefficient (Wildman–Crippen LogP) is 5.33. The second-order valence-electron chi connectivity index (χ2n) is 10.5. The Kier molecular flexibility index (Phi) is 8.58. The van der Waals surface area contributed by atoms with Crippen molar-refractivity contribution in [3.8, 4) is 0 Å². The van der Waals surface area contributed by atoms with Gasteiger partial charge in [0.1, 0.15) is 0 Å². The topological polar surface area (TPSA) is 86.8 Å². The van der Waals surface area contributed by atoms with E-state index in [0.717, 1.165) is 22.2 Å². The van der Waals surface area contributed by atoms with E-state index in [-0.39, 0.29) is 48.6 Å². The van der Waals surface area contributed by atoms with Gasteiger partial charge in [0, 0.05) is 42.3 Å². The van der Waals surface area contributed by atoms with Crippen LogP contribution >= 0.6 is 15.9 Å². The average molecular weight is 647 g/mol. The first kappa shape index (κ1) is 29.3. The van der Waals surface area contributed by atoms with Gasteiger partial charge in [-0.05, 0) is 73.7 Å². The zero-order valence-corrected chi connectivity index (χ0v) is 24.6. The molecule has 2 saturated heterocycles. The smallest absolute Gasteiger partial charge is 0.243 e. The average Bonchev–Trinajstić information content (AvgIpc) is 2.99. The minimum atomic E-state index is -4.07. The van der Waals surface area contributed by atoms with E-state index in [2.05, 4.69) is 21.2 Å². The number of likely N-dealkylation sites (tertiary alicyclic amines) is 1. The van der Waals surface area contributed by atoms with Gasteiger partial charge in [-0.2, -0.15) is 4.31 Å². The molecule has 0 radical (unpaired) electrons. The zero-order chi connectivity index (χ0) is 29.2. The highest BCUT2D eigenvalue weighted by Gasteiger charge is 2.47. The highest BCUT2D eigenvalue weighted by atomic mass is 79.9. The molecule has 1 N–H and O–H groups in total. The van der Waals surface area contributed by atoms with Crippen molar-refractivity contribution in [2.24, 2.45) is 5.92 Å². The lowest BCUT2D eigenvalue weighted by Crippen LogP contribution is -2.55. The lowest BCUT2D eigenvalue weighted by atomic mass is 9.71. The largest absolute Gasteiger partial charge is 0.342 e. The molecule has 41 heavy (non-hydrogen) atoms. The first-order chi connectivity index (χ1) is 19.6. The Morgan fingerprint density at radius 3 is 2.10 bits per heavy atom. The van der Waals surface area contributed by atoms with E-state index in [1.807, 2.05) is 54.6 Å². The Morgan fingerprint density at radius 1 is 0.854 bits per heavy atom. The van der Waals surface area contributed by atoms with E-state index >= 15 is 0 Å². The fourth-order valence-corrected chi connectivity index (χ4v) is 7.42. The van der Waals surface area contributed by atoms with E-state index in [1.54, 1.807) is 4.90 Å². The zero-order valence-electron chi connectivity index (χ0n) is 22.2. The van der Waals surface area contributed by atoms with E-state index in [1.165, 1.54) is 4.31 Å². The molecule has 0 spiro atoms. The summed E-state index contributed by atoms with van der Waals surface area (Å²) in [4.78, 5) is 28.5. The Morgan fingerprint density at radius 2 is 1.49 bits per heavy atom. The van der Waals surface area contributed by atoms with Crippen LogP contribution in [-0.2, 0) is 25.0 Å². The molecule has 216 valence electrons. The highest BCUT2D eigenvalue weighted by molar-refractivity contribution is 9.10. The number of nitrogens with one attached hydrogen (secondary N) is 1. The van der Waals surface area contributed by atoms with Crippen molar-refractivity contribution in [2.45, 2.75) is 36.0 Å². The molecule has 0 atom stereocenters. The van der Waals surface area contributed by atoms with Crippen LogP contribution in [-0.4, -0.2) is 55.6 Å². The number of amides is 2. The van der Waals surface area contributed by atoms with Gasteiger partial charge in [-0.3, -0.25) is 9.59 Å². The summed E-state index contributed by atoms with van der Waals surface area (Å²) in [6, 6.07) is 19.2. The van der Waals surface area contributed by atoms with Crippen molar-refractivity contribution in [2.75, 3.05) is 31.5 Å². The van der Waals surface area contributed by atoms with Crippen LogP contribution in [0.1, 0.15) is 31.2 Å². The van der Waals surface area contributed by atoms with Crippen molar-refractivity contribution in [3.05, 3.63) is 94.5 Å². The molecule has 2 fully saturated rings. The first-order valence-electron chi connectivity index (χ1n) is 13.5. The maximum atomic E-state index is 14.1. The van der Waals surface area contributed by atoms with Crippen LogP contribution < -0.4 is 5.32 Å². The van der Waals surface area contributed by atoms with Crippen LogP contribution in [0.3, 0.4) is 0 Å². The maximum Gasteiger partial charge on any atom is 0.243 e. The van der Waals surface area contributed by atoms with Crippen LogP contribution in [0.25, 0.3) is 0 Å². The van der Waals surface area contributed by atoms with Gasteiger partial charge >= 0.3 is 0 Å². The van der Waals surface area contributed by atoms with E-state index < -0.39 is 27.1 Å². The number of halogens is 3. The van der Waals surface area contributed by atoms with Gasteiger partial charge in [-0.1, -0.05) is 46.3 Å². The molecule has 0 saturated carbocycles. The maximum absolute atomic E-state index is 14.1. The third-order valence-electron chi connectivity index (χ3n) is 8.11. The van der Waals surface area contributed by atoms with Crippen LogP contribution in [0.2, 0.25) is 0 Å². The minimum absolute atomic E-state index is 0.0496. The van der Waals surface area contributed by atoms with Crippen molar-refractivity contribution in [3.63, 3.8) is 0 Å². The molecule has 0 aromatic heterocycles. The summed E-state index contributed by atoms with van der Waals surface area (Å²) >= 11 is 3.38. The molecule has 2 amide bonds. The molecule has 11 heteroatoms. The van der Waals surface area contributed by atoms with Gasteiger partial charge in [-0.25, -0.2) is 17.2 Å². The number of piperidine rings is 2. The Balaban J connectivity index is 1.29. The molecule has 0 bridgehead atoms. The Bertz CT molecular complexity index is 1520. The van der Waals surface area contributed by atoms with Gasteiger partial charge in [0.2, 0.25) is 21.8 Å². The number of carbonyl (C=O) groups is 2. The third-order valence-corrected chi connectivity index (χ3v) is 10.5. The predicted molar refractivity (Wildman–Crippen MR) is 155 cm³/mol. The molecule has 2 aliphatic heterocycles. The van der Waals surface area contributed by atoms with Crippen LogP contribution in [0.4, 0.5) is 14.5 Å². The molecule has 0 unspecified atom stereocenters. The summed E-state index contributed by atoms with van der Waals surface area (Å²) in [6.45, 7) is 0.938. The Hall–Kier alpha value is -3.15. The van der Waals surface area contributed by atoms with Crippen LogP contribution in [0, 0.1) is 17.6 Å². The number of benzene rings is 3. The van der Waals surface area contributed by atoms with Gasteiger partial charge in [0.25, 0.3) is 0 Å². The second-order valence-corrected chi connectivity index (χ2v) is 13.3. The summed E-state index contributed by atoms with van der Waals surface area (Å²) in [7, 11) is -4.07. The second kappa shape index (κ2) is 12.0. The summed E-state index contributed by atoms with van der Waals surface area (Å²) in [5, 5.41) is 2.95. The molecule has 2 heterocycles. The molecule has 5 rings (SSSR count).